The van der Waals surface area contributed by atoms with Gasteiger partial charge in [0.25, 0.3) is 5.56 Å². The zero-order valence-corrected chi connectivity index (χ0v) is 16.5. The van der Waals surface area contributed by atoms with Gasteiger partial charge in [-0.2, -0.15) is 0 Å². The van der Waals surface area contributed by atoms with Crippen molar-refractivity contribution in [3.8, 4) is 0 Å². The topological polar surface area (TPSA) is 93.5 Å². The Balaban J connectivity index is 2.22. The SMILES string of the molecule is CC(C)(C)[Si](C)(C)OC[C@H]1OC(n2ccc(=O)[nH]c2=O)[C@](C)(F)[C@@H]1O. The summed E-state index contributed by atoms with van der Waals surface area (Å²) in [5, 5.41) is 10.3. The number of aromatic nitrogens is 2. The third-order valence-corrected chi connectivity index (χ3v) is 9.74. The molecule has 2 rings (SSSR count). The van der Waals surface area contributed by atoms with E-state index in [0.29, 0.717) is 0 Å². The molecule has 1 aliphatic heterocycles. The highest BCUT2D eigenvalue weighted by atomic mass is 28.4. The van der Waals surface area contributed by atoms with Crippen LogP contribution in [0, 0.1) is 0 Å². The van der Waals surface area contributed by atoms with Crippen LogP contribution in [0.5, 0.6) is 0 Å². The number of aliphatic hydroxyl groups excluding tert-OH is 1. The number of H-pyrrole nitrogens is 1. The molecule has 1 aromatic heterocycles. The molecule has 0 saturated carbocycles. The normalized spacial score (nSPS) is 30.6. The largest absolute Gasteiger partial charge is 0.414 e. The van der Waals surface area contributed by atoms with Gasteiger partial charge in [-0.1, -0.05) is 20.8 Å². The first kappa shape index (κ1) is 20.0. The van der Waals surface area contributed by atoms with Gasteiger partial charge >= 0.3 is 5.69 Å². The van der Waals surface area contributed by atoms with E-state index in [1.54, 1.807) is 0 Å². The summed E-state index contributed by atoms with van der Waals surface area (Å²) in [6.07, 6.45) is -2.55. The summed E-state index contributed by atoms with van der Waals surface area (Å²) in [5.74, 6) is 0. The van der Waals surface area contributed by atoms with Crippen LogP contribution in [-0.2, 0) is 9.16 Å². The number of halogens is 1. The maximum absolute atomic E-state index is 15.1. The van der Waals surface area contributed by atoms with Crippen molar-refractivity contribution in [1.29, 1.82) is 0 Å². The monoisotopic (exact) mass is 374 g/mol. The van der Waals surface area contributed by atoms with E-state index in [4.69, 9.17) is 9.16 Å². The van der Waals surface area contributed by atoms with Crippen LogP contribution in [0.4, 0.5) is 4.39 Å². The summed E-state index contributed by atoms with van der Waals surface area (Å²) in [6.45, 7) is 11.5. The molecule has 0 amide bonds. The van der Waals surface area contributed by atoms with Gasteiger partial charge in [0.05, 0.1) is 6.61 Å². The number of hydrogen-bond donors (Lipinski definition) is 2. The van der Waals surface area contributed by atoms with Gasteiger partial charge in [-0.3, -0.25) is 14.3 Å². The Bertz CT molecular complexity index is 737. The predicted octanol–water partition coefficient (Wildman–Crippen LogP) is 1.54. The van der Waals surface area contributed by atoms with Gasteiger partial charge < -0.3 is 14.3 Å². The minimum Gasteiger partial charge on any atom is -0.414 e. The lowest BCUT2D eigenvalue weighted by atomic mass is 9.98. The molecule has 1 aromatic rings. The van der Waals surface area contributed by atoms with Crippen molar-refractivity contribution in [3.63, 3.8) is 0 Å². The number of aromatic amines is 1. The molecule has 4 atom stereocenters. The molecular weight excluding hydrogens is 347 g/mol. The highest BCUT2D eigenvalue weighted by Gasteiger charge is 2.55. The molecular formula is C16H27FN2O5Si. The average molecular weight is 374 g/mol. The number of nitrogens with zero attached hydrogens (tertiary/aromatic N) is 1. The molecule has 2 heterocycles. The van der Waals surface area contributed by atoms with Crippen LogP contribution < -0.4 is 11.2 Å². The van der Waals surface area contributed by atoms with Gasteiger partial charge in [0.2, 0.25) is 0 Å². The molecule has 1 aliphatic rings. The third-order valence-electron chi connectivity index (χ3n) is 5.24. The van der Waals surface area contributed by atoms with Gasteiger partial charge in [-0.15, -0.1) is 0 Å². The van der Waals surface area contributed by atoms with Crippen molar-refractivity contribution in [3.05, 3.63) is 33.1 Å². The van der Waals surface area contributed by atoms with Gasteiger partial charge in [0, 0.05) is 12.3 Å². The van der Waals surface area contributed by atoms with Crippen LogP contribution in [0.2, 0.25) is 18.1 Å². The quantitative estimate of drug-likeness (QED) is 0.780. The van der Waals surface area contributed by atoms with Crippen molar-refractivity contribution in [2.75, 3.05) is 6.61 Å². The maximum Gasteiger partial charge on any atom is 0.330 e. The Labute approximate surface area is 146 Å². The molecule has 0 radical (unpaired) electrons. The summed E-state index contributed by atoms with van der Waals surface area (Å²) in [7, 11) is -2.10. The molecule has 25 heavy (non-hydrogen) atoms. The smallest absolute Gasteiger partial charge is 0.330 e. The summed E-state index contributed by atoms with van der Waals surface area (Å²) >= 11 is 0. The number of ether oxygens (including phenoxy) is 1. The highest BCUT2D eigenvalue weighted by molar-refractivity contribution is 6.74. The molecule has 142 valence electrons. The number of aliphatic hydroxyl groups is 1. The van der Waals surface area contributed by atoms with Crippen LogP contribution in [-0.4, -0.2) is 47.5 Å². The van der Waals surface area contributed by atoms with E-state index in [1.807, 2.05) is 13.1 Å². The average Bonchev–Trinajstić information content (AvgIpc) is 2.67. The van der Waals surface area contributed by atoms with Crippen molar-refractivity contribution in [2.45, 2.75) is 69.9 Å². The summed E-state index contributed by atoms with van der Waals surface area (Å²) in [5.41, 5.74) is -3.58. The van der Waals surface area contributed by atoms with Crippen molar-refractivity contribution < 1.29 is 18.7 Å². The third kappa shape index (κ3) is 3.79. The molecule has 0 bridgehead atoms. The molecule has 1 fully saturated rings. The van der Waals surface area contributed by atoms with E-state index in [2.05, 4.69) is 25.8 Å². The zero-order valence-electron chi connectivity index (χ0n) is 15.5. The first-order valence-corrected chi connectivity index (χ1v) is 11.2. The van der Waals surface area contributed by atoms with E-state index in [0.717, 1.165) is 16.8 Å². The lowest BCUT2D eigenvalue weighted by molar-refractivity contribution is -0.0597. The summed E-state index contributed by atoms with van der Waals surface area (Å²) in [4.78, 5) is 25.2. The van der Waals surface area contributed by atoms with Crippen molar-refractivity contribution in [2.24, 2.45) is 0 Å². The molecule has 7 nitrogen and oxygen atoms in total. The van der Waals surface area contributed by atoms with Gasteiger partial charge in [-0.25, -0.2) is 9.18 Å². The van der Waals surface area contributed by atoms with Crippen LogP contribution in [0.15, 0.2) is 21.9 Å². The van der Waals surface area contributed by atoms with Gasteiger partial charge in [-0.05, 0) is 25.1 Å². The number of hydrogen-bond acceptors (Lipinski definition) is 5. The standard InChI is InChI=1S/C16H27FN2O5Si/c1-15(2,3)25(5,6)23-9-10-12(21)16(4,17)13(24-10)19-8-7-11(20)18-14(19)22/h7-8,10,12-13,21H,9H2,1-6H3,(H,18,20,22)/t10-,12-,13?,16-/m1/s1. The number of alkyl halides is 1. The molecule has 9 heteroatoms. The van der Waals surface area contributed by atoms with E-state index >= 15 is 4.39 Å². The Kier molecular flexibility index (Phi) is 5.17. The van der Waals surface area contributed by atoms with Crippen molar-refractivity contribution in [1.82, 2.24) is 9.55 Å². The highest BCUT2D eigenvalue weighted by Crippen LogP contribution is 2.42. The van der Waals surface area contributed by atoms with Crippen LogP contribution in [0.25, 0.3) is 0 Å². The fourth-order valence-electron chi connectivity index (χ4n) is 2.47. The predicted molar refractivity (Wildman–Crippen MR) is 93.9 cm³/mol. The molecule has 1 saturated heterocycles. The molecule has 1 unspecified atom stereocenters. The fraction of sp³-hybridized carbons (Fsp3) is 0.750. The first-order valence-electron chi connectivity index (χ1n) is 8.25. The number of nitrogens with one attached hydrogen (secondary N) is 1. The van der Waals surface area contributed by atoms with Gasteiger partial charge in [0.15, 0.2) is 20.2 Å². The second-order valence-electron chi connectivity index (χ2n) is 8.21. The summed E-state index contributed by atoms with van der Waals surface area (Å²) < 4.78 is 27.6. The fourth-order valence-corrected chi connectivity index (χ4v) is 3.48. The Hall–Kier alpha value is -1.29. The van der Waals surface area contributed by atoms with Crippen LogP contribution in [0.3, 0.4) is 0 Å². The minimum absolute atomic E-state index is 0.0335. The number of rotatable bonds is 4. The van der Waals surface area contributed by atoms with E-state index in [9.17, 15) is 14.7 Å². The van der Waals surface area contributed by atoms with E-state index < -0.39 is 43.7 Å². The second-order valence-corrected chi connectivity index (χ2v) is 13.0. The zero-order chi connectivity index (χ0) is 19.2. The maximum atomic E-state index is 15.1. The van der Waals surface area contributed by atoms with E-state index in [-0.39, 0.29) is 11.6 Å². The Morgan fingerprint density at radius 3 is 2.56 bits per heavy atom. The summed E-state index contributed by atoms with van der Waals surface area (Å²) in [6, 6.07) is 1.10. The first-order chi connectivity index (χ1) is 11.3. The lowest BCUT2D eigenvalue weighted by Crippen LogP contribution is -2.46. The molecule has 0 spiro atoms. The molecule has 0 aliphatic carbocycles. The minimum atomic E-state index is -2.20. The van der Waals surface area contributed by atoms with Crippen LogP contribution >= 0.6 is 0 Å². The molecule has 2 N–H and O–H groups in total. The second kappa shape index (κ2) is 6.46. The van der Waals surface area contributed by atoms with Crippen LogP contribution in [0.1, 0.15) is 33.9 Å². The molecule has 0 aromatic carbocycles. The van der Waals surface area contributed by atoms with E-state index in [1.165, 1.54) is 6.92 Å². The lowest BCUT2D eigenvalue weighted by Gasteiger charge is -2.37. The Morgan fingerprint density at radius 1 is 1.44 bits per heavy atom. The Morgan fingerprint density at radius 2 is 2.04 bits per heavy atom. The van der Waals surface area contributed by atoms with Crippen molar-refractivity contribution >= 4 is 8.32 Å². The van der Waals surface area contributed by atoms with Gasteiger partial charge in [0.1, 0.15) is 12.2 Å².